The third-order valence-electron chi connectivity index (χ3n) is 3.68. The highest BCUT2D eigenvalue weighted by Crippen LogP contribution is 2.16. The van der Waals surface area contributed by atoms with Crippen molar-refractivity contribution in [2.24, 2.45) is 0 Å². The minimum Gasteiger partial charge on any atom is -0.326 e. The average molecular weight is 346 g/mol. The van der Waals surface area contributed by atoms with Crippen LogP contribution in [0.15, 0.2) is 47.4 Å². The Morgan fingerprint density at radius 3 is 2.38 bits per heavy atom. The quantitative estimate of drug-likeness (QED) is 0.844. The number of amides is 1. The maximum atomic E-state index is 12.3. The van der Waals surface area contributed by atoms with E-state index in [0.717, 1.165) is 16.8 Å². The van der Waals surface area contributed by atoms with E-state index in [1.165, 1.54) is 0 Å². The maximum absolute atomic E-state index is 12.3. The van der Waals surface area contributed by atoms with E-state index in [-0.39, 0.29) is 23.8 Å². The number of sulfonamides is 1. The standard InChI is InChI=1S/C18H22N2O3S/c1-13-8-9-17(15(3)12-13)24(22,23)19-11-10-18(21)20-16-7-5-4-6-14(16)2/h4-9,12,19H,10-11H2,1-3H3,(H,20,21). The van der Waals surface area contributed by atoms with Crippen LogP contribution in [0.25, 0.3) is 0 Å². The second kappa shape index (κ2) is 7.59. The molecule has 0 bridgehead atoms. The maximum Gasteiger partial charge on any atom is 0.240 e. The second-order valence-electron chi connectivity index (χ2n) is 5.78. The number of nitrogens with one attached hydrogen (secondary N) is 2. The normalized spacial score (nSPS) is 11.3. The van der Waals surface area contributed by atoms with E-state index >= 15 is 0 Å². The molecule has 1 amide bonds. The van der Waals surface area contributed by atoms with Crippen LogP contribution in [-0.4, -0.2) is 20.9 Å². The van der Waals surface area contributed by atoms with Crippen LogP contribution in [0.2, 0.25) is 0 Å². The molecule has 5 nitrogen and oxygen atoms in total. The SMILES string of the molecule is Cc1ccc(S(=O)(=O)NCCC(=O)Nc2ccccc2C)c(C)c1. The molecular weight excluding hydrogens is 324 g/mol. The Labute approximate surface area is 143 Å². The van der Waals surface area contributed by atoms with Crippen molar-refractivity contribution < 1.29 is 13.2 Å². The van der Waals surface area contributed by atoms with Crippen molar-refractivity contribution in [3.05, 3.63) is 59.2 Å². The Morgan fingerprint density at radius 1 is 1.00 bits per heavy atom. The molecule has 0 spiro atoms. The number of anilines is 1. The van der Waals surface area contributed by atoms with Gasteiger partial charge in [-0.3, -0.25) is 4.79 Å². The monoisotopic (exact) mass is 346 g/mol. The molecule has 0 saturated carbocycles. The highest BCUT2D eigenvalue weighted by Gasteiger charge is 2.16. The van der Waals surface area contributed by atoms with E-state index in [9.17, 15) is 13.2 Å². The fourth-order valence-electron chi connectivity index (χ4n) is 2.40. The first-order valence-corrected chi connectivity index (χ1v) is 9.20. The summed E-state index contributed by atoms with van der Waals surface area (Å²) in [4.78, 5) is 12.2. The van der Waals surface area contributed by atoms with Gasteiger partial charge in [0.05, 0.1) is 4.90 Å². The number of carbonyl (C=O) groups excluding carboxylic acids is 1. The van der Waals surface area contributed by atoms with Gasteiger partial charge in [-0.15, -0.1) is 0 Å². The molecule has 0 aliphatic heterocycles. The van der Waals surface area contributed by atoms with Crippen molar-refractivity contribution in [1.82, 2.24) is 4.72 Å². The van der Waals surface area contributed by atoms with Crippen LogP contribution in [0, 0.1) is 20.8 Å². The lowest BCUT2D eigenvalue weighted by molar-refractivity contribution is -0.116. The fourth-order valence-corrected chi connectivity index (χ4v) is 3.66. The van der Waals surface area contributed by atoms with Crippen LogP contribution in [0.5, 0.6) is 0 Å². The van der Waals surface area contributed by atoms with Gasteiger partial charge in [0.2, 0.25) is 15.9 Å². The summed E-state index contributed by atoms with van der Waals surface area (Å²) in [6.07, 6.45) is 0.0679. The van der Waals surface area contributed by atoms with Gasteiger partial charge in [0.25, 0.3) is 0 Å². The topological polar surface area (TPSA) is 75.3 Å². The van der Waals surface area contributed by atoms with Crippen LogP contribution in [0.3, 0.4) is 0 Å². The fraction of sp³-hybridized carbons (Fsp3) is 0.278. The number of hydrogen-bond acceptors (Lipinski definition) is 3. The lowest BCUT2D eigenvalue weighted by Gasteiger charge is -2.11. The lowest BCUT2D eigenvalue weighted by Crippen LogP contribution is -2.28. The van der Waals surface area contributed by atoms with Gasteiger partial charge in [-0.2, -0.15) is 0 Å². The molecule has 0 aliphatic rings. The molecule has 0 fully saturated rings. The summed E-state index contributed by atoms with van der Waals surface area (Å²) in [6, 6.07) is 12.6. The van der Waals surface area contributed by atoms with Gasteiger partial charge in [-0.1, -0.05) is 35.9 Å². The number of para-hydroxylation sites is 1. The van der Waals surface area contributed by atoms with E-state index in [0.29, 0.717) is 5.56 Å². The van der Waals surface area contributed by atoms with Gasteiger partial charge >= 0.3 is 0 Å². The molecule has 0 atom stereocenters. The van der Waals surface area contributed by atoms with Gasteiger partial charge < -0.3 is 5.32 Å². The smallest absolute Gasteiger partial charge is 0.240 e. The van der Waals surface area contributed by atoms with Crippen molar-refractivity contribution in [2.45, 2.75) is 32.1 Å². The highest BCUT2D eigenvalue weighted by atomic mass is 32.2. The van der Waals surface area contributed by atoms with Crippen LogP contribution >= 0.6 is 0 Å². The van der Waals surface area contributed by atoms with E-state index in [2.05, 4.69) is 10.0 Å². The first-order valence-electron chi connectivity index (χ1n) is 7.72. The molecule has 24 heavy (non-hydrogen) atoms. The summed E-state index contributed by atoms with van der Waals surface area (Å²) in [7, 11) is -3.61. The van der Waals surface area contributed by atoms with Crippen LogP contribution in [0.1, 0.15) is 23.1 Å². The predicted molar refractivity (Wildman–Crippen MR) is 95.5 cm³/mol. The molecule has 0 heterocycles. The molecule has 0 radical (unpaired) electrons. The molecular formula is C18H22N2O3S. The van der Waals surface area contributed by atoms with Gasteiger partial charge in [-0.25, -0.2) is 13.1 Å². The summed E-state index contributed by atoms with van der Waals surface area (Å²) in [5, 5.41) is 2.78. The summed E-state index contributed by atoms with van der Waals surface area (Å²) in [5.74, 6) is -0.229. The molecule has 2 N–H and O–H groups in total. The zero-order valence-electron chi connectivity index (χ0n) is 14.1. The first kappa shape index (κ1) is 18.2. The number of benzene rings is 2. The Balaban J connectivity index is 1.93. The van der Waals surface area contributed by atoms with Crippen molar-refractivity contribution in [3.63, 3.8) is 0 Å². The molecule has 6 heteroatoms. The Morgan fingerprint density at radius 2 is 1.71 bits per heavy atom. The Kier molecular flexibility index (Phi) is 5.75. The summed E-state index contributed by atoms with van der Waals surface area (Å²) >= 11 is 0. The number of aryl methyl sites for hydroxylation is 3. The largest absolute Gasteiger partial charge is 0.326 e. The predicted octanol–water partition coefficient (Wildman–Crippen LogP) is 2.92. The van der Waals surface area contributed by atoms with Crippen LogP contribution < -0.4 is 10.0 Å². The van der Waals surface area contributed by atoms with Crippen molar-refractivity contribution in [3.8, 4) is 0 Å². The first-order chi connectivity index (χ1) is 11.3. The Bertz CT molecular complexity index is 845. The molecule has 2 aromatic carbocycles. The summed E-state index contributed by atoms with van der Waals surface area (Å²) in [6.45, 7) is 5.62. The molecule has 2 aromatic rings. The number of carbonyl (C=O) groups is 1. The van der Waals surface area contributed by atoms with Crippen LogP contribution in [0.4, 0.5) is 5.69 Å². The minimum absolute atomic E-state index is 0.0490. The third kappa shape index (κ3) is 4.66. The molecule has 128 valence electrons. The van der Waals surface area contributed by atoms with Gasteiger partial charge in [-0.05, 0) is 44.0 Å². The molecule has 0 aliphatic carbocycles. The molecule has 0 aromatic heterocycles. The lowest BCUT2D eigenvalue weighted by atomic mass is 10.2. The minimum atomic E-state index is -3.61. The van der Waals surface area contributed by atoms with Crippen molar-refractivity contribution in [2.75, 3.05) is 11.9 Å². The summed E-state index contributed by atoms with van der Waals surface area (Å²) in [5.41, 5.74) is 3.39. The third-order valence-corrected chi connectivity index (χ3v) is 5.30. The number of hydrogen-bond donors (Lipinski definition) is 2. The van der Waals surface area contributed by atoms with Gasteiger partial charge in [0.1, 0.15) is 0 Å². The van der Waals surface area contributed by atoms with E-state index in [4.69, 9.17) is 0 Å². The van der Waals surface area contributed by atoms with E-state index in [1.54, 1.807) is 19.1 Å². The molecule has 0 saturated heterocycles. The van der Waals surface area contributed by atoms with Gasteiger partial charge in [0.15, 0.2) is 0 Å². The van der Waals surface area contributed by atoms with Gasteiger partial charge in [0, 0.05) is 18.7 Å². The zero-order valence-corrected chi connectivity index (χ0v) is 14.9. The van der Waals surface area contributed by atoms with E-state index in [1.807, 2.05) is 44.2 Å². The van der Waals surface area contributed by atoms with Crippen molar-refractivity contribution in [1.29, 1.82) is 0 Å². The second-order valence-corrected chi connectivity index (χ2v) is 7.52. The van der Waals surface area contributed by atoms with Crippen LogP contribution in [-0.2, 0) is 14.8 Å². The van der Waals surface area contributed by atoms with E-state index < -0.39 is 10.0 Å². The Hall–Kier alpha value is -2.18. The zero-order chi connectivity index (χ0) is 17.7. The average Bonchev–Trinajstić information content (AvgIpc) is 2.49. The van der Waals surface area contributed by atoms with Crippen molar-refractivity contribution >= 4 is 21.6 Å². The highest BCUT2D eigenvalue weighted by molar-refractivity contribution is 7.89. The number of rotatable bonds is 6. The summed E-state index contributed by atoms with van der Waals surface area (Å²) < 4.78 is 27.1. The molecule has 0 unspecified atom stereocenters. The molecule has 2 rings (SSSR count).